The number of ether oxygens (including phenoxy) is 1. The number of carbonyl (C=O) groups excluding carboxylic acids is 3. The van der Waals surface area contributed by atoms with Crippen molar-refractivity contribution in [1.82, 2.24) is 5.06 Å². The molecule has 1 saturated heterocycles. The van der Waals surface area contributed by atoms with E-state index < -0.39 is 45.6 Å². The molecule has 1 fully saturated rings. The van der Waals surface area contributed by atoms with Crippen molar-refractivity contribution in [2.75, 3.05) is 5.75 Å². The number of benzene rings is 1. The van der Waals surface area contributed by atoms with E-state index in [1.165, 1.54) is 0 Å². The summed E-state index contributed by atoms with van der Waals surface area (Å²) in [5.74, 6) is -3.16. The van der Waals surface area contributed by atoms with E-state index in [0.29, 0.717) is 0 Å². The Bertz CT molecular complexity index is 864. The van der Waals surface area contributed by atoms with E-state index in [1.807, 2.05) is 0 Å². The highest BCUT2D eigenvalue weighted by Crippen LogP contribution is 2.16. The van der Waals surface area contributed by atoms with Crippen molar-refractivity contribution < 1.29 is 36.8 Å². The Morgan fingerprint density at radius 1 is 1.27 bits per heavy atom. The van der Waals surface area contributed by atoms with Crippen LogP contribution in [0.2, 0.25) is 0 Å². The van der Waals surface area contributed by atoms with Gasteiger partial charge in [0, 0.05) is 17.8 Å². The van der Waals surface area contributed by atoms with Crippen LogP contribution in [0.25, 0.3) is 10.4 Å². The molecule has 1 aromatic rings. The molecule has 0 aromatic heterocycles. The normalized spacial score (nSPS) is 15.3. The molecule has 1 aliphatic heterocycles. The first kappa shape index (κ1) is 19.1. The van der Waals surface area contributed by atoms with Crippen molar-refractivity contribution >= 4 is 27.8 Å². The Labute approximate surface area is 145 Å². The molecule has 2 rings (SSSR count). The molecule has 11 nitrogen and oxygen atoms in total. The van der Waals surface area contributed by atoms with Crippen LogP contribution < -0.4 is 0 Å². The Hall–Kier alpha value is -3.18. The minimum Gasteiger partial charge on any atom is -0.422 e. The van der Waals surface area contributed by atoms with E-state index in [9.17, 15) is 27.2 Å². The fourth-order valence-corrected chi connectivity index (χ4v) is 3.19. The summed E-state index contributed by atoms with van der Waals surface area (Å²) in [7, 11) is -4.10. The van der Waals surface area contributed by atoms with Gasteiger partial charge in [-0.3, -0.25) is 14.4 Å². The molecule has 1 aliphatic rings. The first-order valence-electron chi connectivity index (χ1n) is 7.00. The van der Waals surface area contributed by atoms with Crippen LogP contribution >= 0.6 is 0 Å². The quantitative estimate of drug-likeness (QED) is 0.179. The lowest BCUT2D eigenvalue weighted by atomic mass is 10.4. The Morgan fingerprint density at radius 3 is 2.38 bits per heavy atom. The van der Waals surface area contributed by atoms with E-state index >= 15 is 0 Å². The third kappa shape index (κ3) is 4.68. The molecular formula is C13H11FN4O7S. The summed E-state index contributed by atoms with van der Waals surface area (Å²) in [6, 6.07) is 3.79. The molecule has 138 valence electrons. The fraction of sp³-hybridized carbons (Fsp3) is 0.308. The average Bonchev–Trinajstić information content (AvgIpc) is 2.87. The minimum absolute atomic E-state index is 0.148. The second-order valence-corrected chi connectivity index (χ2v) is 6.97. The Balaban J connectivity index is 2.07. The maximum absolute atomic E-state index is 12.9. The van der Waals surface area contributed by atoms with Crippen molar-refractivity contribution in [3.05, 3.63) is 40.5 Å². The lowest BCUT2D eigenvalue weighted by Gasteiger charge is -2.16. The molecule has 0 radical (unpaired) electrons. The van der Waals surface area contributed by atoms with Gasteiger partial charge in [0.1, 0.15) is 5.82 Å². The lowest BCUT2D eigenvalue weighted by molar-refractivity contribution is -0.178. The summed E-state index contributed by atoms with van der Waals surface area (Å²) >= 11 is 0. The first-order chi connectivity index (χ1) is 12.2. The average molecular weight is 386 g/mol. The van der Waals surface area contributed by atoms with E-state index in [1.54, 1.807) is 0 Å². The zero-order chi connectivity index (χ0) is 19.3. The monoisotopic (exact) mass is 386 g/mol. The molecule has 2 amide bonds. The highest BCUT2D eigenvalue weighted by atomic mass is 32.2. The molecule has 1 heterocycles. The molecule has 1 atom stereocenters. The maximum Gasteiger partial charge on any atom is 0.534 e. The predicted octanol–water partition coefficient (Wildman–Crippen LogP) is 1.45. The molecule has 1 unspecified atom stereocenters. The number of hydroxylamine groups is 2. The van der Waals surface area contributed by atoms with Crippen LogP contribution in [0.5, 0.6) is 0 Å². The SMILES string of the molecule is [N-]=[N+]=NC(CS(=O)(=O)c1ccc(F)cc1)OC(=O)ON1C(=O)CCC1=O. The maximum atomic E-state index is 12.9. The van der Waals surface area contributed by atoms with Gasteiger partial charge in [0.05, 0.1) is 10.6 Å². The second kappa shape index (κ2) is 7.80. The lowest BCUT2D eigenvalue weighted by Crippen LogP contribution is -2.34. The smallest absolute Gasteiger partial charge is 0.422 e. The van der Waals surface area contributed by atoms with Crippen LogP contribution in [0.1, 0.15) is 12.8 Å². The number of sulfone groups is 1. The van der Waals surface area contributed by atoms with E-state index in [4.69, 9.17) is 5.53 Å². The van der Waals surface area contributed by atoms with Gasteiger partial charge in [-0.1, -0.05) is 5.06 Å². The molecular weight excluding hydrogens is 375 g/mol. The number of imide groups is 1. The summed E-state index contributed by atoms with van der Waals surface area (Å²) in [6.07, 6.45) is -3.73. The highest BCUT2D eigenvalue weighted by molar-refractivity contribution is 7.91. The Morgan fingerprint density at radius 2 is 1.85 bits per heavy atom. The van der Waals surface area contributed by atoms with Crippen molar-refractivity contribution in [2.45, 2.75) is 24.0 Å². The van der Waals surface area contributed by atoms with Gasteiger partial charge in [-0.2, -0.15) is 0 Å². The van der Waals surface area contributed by atoms with Gasteiger partial charge in [-0.05, 0) is 34.9 Å². The predicted molar refractivity (Wildman–Crippen MR) is 80.0 cm³/mol. The first-order valence-corrected chi connectivity index (χ1v) is 8.65. The molecule has 26 heavy (non-hydrogen) atoms. The van der Waals surface area contributed by atoms with Crippen LogP contribution in [-0.4, -0.2) is 43.4 Å². The highest BCUT2D eigenvalue weighted by Gasteiger charge is 2.34. The molecule has 13 heteroatoms. The van der Waals surface area contributed by atoms with Gasteiger partial charge in [-0.25, -0.2) is 17.6 Å². The molecule has 0 bridgehead atoms. The summed E-state index contributed by atoms with van der Waals surface area (Å²) in [4.78, 5) is 40.8. The van der Waals surface area contributed by atoms with Crippen molar-refractivity contribution in [2.24, 2.45) is 5.11 Å². The standard InChI is InChI=1S/C13H11FN4O7S/c14-8-1-3-9(4-2-8)26(22,23)7-10(16-17-15)24-13(21)25-18-11(19)5-6-12(18)20/h1-4,10H,5-7H2. The van der Waals surface area contributed by atoms with Gasteiger partial charge in [0.15, 0.2) is 16.1 Å². The summed E-state index contributed by atoms with van der Waals surface area (Å²) < 4.78 is 41.8. The van der Waals surface area contributed by atoms with Crippen molar-refractivity contribution in [3.8, 4) is 0 Å². The fourth-order valence-electron chi connectivity index (χ4n) is 1.94. The zero-order valence-electron chi connectivity index (χ0n) is 12.9. The van der Waals surface area contributed by atoms with Gasteiger partial charge in [-0.15, -0.1) is 0 Å². The zero-order valence-corrected chi connectivity index (χ0v) is 13.8. The summed E-state index contributed by atoms with van der Waals surface area (Å²) in [5.41, 5.74) is 8.48. The number of carbonyl (C=O) groups is 3. The molecule has 0 spiro atoms. The molecule has 1 aromatic carbocycles. The van der Waals surface area contributed by atoms with E-state index in [-0.39, 0.29) is 22.8 Å². The van der Waals surface area contributed by atoms with E-state index in [0.717, 1.165) is 24.3 Å². The van der Waals surface area contributed by atoms with Gasteiger partial charge < -0.3 is 4.74 Å². The van der Waals surface area contributed by atoms with Crippen molar-refractivity contribution in [1.29, 1.82) is 0 Å². The number of azide groups is 1. The molecule has 0 saturated carbocycles. The largest absolute Gasteiger partial charge is 0.534 e. The summed E-state index contributed by atoms with van der Waals surface area (Å²) in [5, 5.41) is 3.21. The second-order valence-electron chi connectivity index (χ2n) is 4.94. The Kier molecular flexibility index (Phi) is 5.75. The van der Waals surface area contributed by atoms with Crippen LogP contribution in [0.4, 0.5) is 9.18 Å². The van der Waals surface area contributed by atoms with Crippen LogP contribution in [-0.2, 0) is 29.0 Å². The topological polar surface area (TPSA) is 156 Å². The van der Waals surface area contributed by atoms with Crippen LogP contribution in [0.15, 0.2) is 34.3 Å². The number of hydrogen-bond donors (Lipinski definition) is 0. The number of halogens is 1. The third-order valence-electron chi connectivity index (χ3n) is 3.12. The third-order valence-corrected chi connectivity index (χ3v) is 4.83. The van der Waals surface area contributed by atoms with Crippen LogP contribution in [0, 0.1) is 5.82 Å². The number of amides is 2. The van der Waals surface area contributed by atoms with Gasteiger partial charge >= 0.3 is 6.16 Å². The van der Waals surface area contributed by atoms with E-state index in [2.05, 4.69) is 19.6 Å². The molecule has 0 aliphatic carbocycles. The van der Waals surface area contributed by atoms with Gasteiger partial charge in [0.25, 0.3) is 11.8 Å². The summed E-state index contributed by atoms with van der Waals surface area (Å²) in [6.45, 7) is 0. The molecule has 0 N–H and O–H groups in total. The number of rotatable bonds is 6. The number of nitrogens with zero attached hydrogens (tertiary/aromatic N) is 4. The minimum atomic E-state index is -4.10. The number of hydrogen-bond acceptors (Lipinski definition) is 8. The van der Waals surface area contributed by atoms with Crippen molar-refractivity contribution in [3.63, 3.8) is 0 Å². The van der Waals surface area contributed by atoms with Gasteiger partial charge in [0.2, 0.25) is 0 Å². The van der Waals surface area contributed by atoms with Crippen LogP contribution in [0.3, 0.4) is 0 Å².